The maximum Gasteiger partial charge on any atom is 0.161 e. The van der Waals surface area contributed by atoms with Gasteiger partial charge in [0.05, 0.1) is 0 Å². The number of hydrogen-bond donors (Lipinski definition) is 1. The molecule has 76 valence electrons. The smallest absolute Gasteiger partial charge is 0.161 e. The Labute approximate surface area is 96.5 Å². The molecule has 1 heterocycles. The molecule has 0 spiro atoms. The Morgan fingerprint density at radius 1 is 1.20 bits per heavy atom. The highest BCUT2D eigenvalue weighted by molar-refractivity contribution is 9.10. The summed E-state index contributed by atoms with van der Waals surface area (Å²) in [5.74, 6) is 1.19. The second-order valence-corrected chi connectivity index (χ2v) is 4.18. The Morgan fingerprint density at radius 3 is 2.47 bits per heavy atom. The Morgan fingerprint density at radius 2 is 1.87 bits per heavy atom. The highest BCUT2D eigenvalue weighted by Gasteiger charge is 2.02. The number of aromatic nitrogens is 2. The quantitative estimate of drug-likeness (QED) is 0.861. The molecule has 0 saturated carbocycles. The number of rotatable bonds is 1. The van der Waals surface area contributed by atoms with Gasteiger partial charge in [0.2, 0.25) is 0 Å². The zero-order valence-electron chi connectivity index (χ0n) is 8.24. The summed E-state index contributed by atoms with van der Waals surface area (Å²) in [6, 6.07) is 7.81. The lowest BCUT2D eigenvalue weighted by Gasteiger charge is -2.03. The SMILES string of the molecule is Cc1cnc(-c2ccc(Br)cc2)nc1N. The number of nitrogens with two attached hydrogens (primary N) is 1. The molecule has 0 fully saturated rings. The van der Waals surface area contributed by atoms with E-state index in [2.05, 4.69) is 25.9 Å². The molecule has 2 aromatic rings. The summed E-state index contributed by atoms with van der Waals surface area (Å²) < 4.78 is 1.03. The molecule has 0 bridgehead atoms. The summed E-state index contributed by atoms with van der Waals surface area (Å²) in [5.41, 5.74) is 7.59. The van der Waals surface area contributed by atoms with Crippen molar-refractivity contribution in [1.29, 1.82) is 0 Å². The van der Waals surface area contributed by atoms with E-state index in [0.717, 1.165) is 15.6 Å². The van der Waals surface area contributed by atoms with Gasteiger partial charge in [0, 0.05) is 21.8 Å². The number of hydrogen-bond acceptors (Lipinski definition) is 3. The Hall–Kier alpha value is -1.42. The average molecular weight is 264 g/mol. The van der Waals surface area contributed by atoms with Gasteiger partial charge in [-0.2, -0.15) is 0 Å². The van der Waals surface area contributed by atoms with Crippen LogP contribution in [0.3, 0.4) is 0 Å². The number of halogens is 1. The average Bonchev–Trinajstić information content (AvgIpc) is 2.23. The third-order valence-corrected chi connectivity index (χ3v) is 2.64. The molecule has 0 unspecified atom stereocenters. The number of nitrogens with zero attached hydrogens (tertiary/aromatic N) is 2. The lowest BCUT2D eigenvalue weighted by Crippen LogP contribution is -1.98. The summed E-state index contributed by atoms with van der Waals surface area (Å²) in [5, 5.41) is 0. The highest BCUT2D eigenvalue weighted by atomic mass is 79.9. The van der Waals surface area contributed by atoms with Crippen LogP contribution < -0.4 is 5.73 Å². The minimum absolute atomic E-state index is 0.530. The van der Waals surface area contributed by atoms with E-state index in [-0.39, 0.29) is 0 Å². The van der Waals surface area contributed by atoms with Crippen LogP contribution in [0.15, 0.2) is 34.9 Å². The van der Waals surface area contributed by atoms with Crippen molar-refractivity contribution in [2.75, 3.05) is 5.73 Å². The molecule has 0 atom stereocenters. The van der Waals surface area contributed by atoms with E-state index in [4.69, 9.17) is 5.73 Å². The predicted octanol–water partition coefficient (Wildman–Crippen LogP) is 2.80. The number of nitrogen functional groups attached to an aromatic ring is 1. The van der Waals surface area contributed by atoms with Crippen LogP contribution >= 0.6 is 15.9 Å². The Bertz CT molecular complexity index is 480. The molecule has 0 saturated heterocycles. The van der Waals surface area contributed by atoms with E-state index in [1.165, 1.54) is 0 Å². The standard InChI is InChI=1S/C11H10BrN3/c1-7-6-14-11(15-10(7)13)8-2-4-9(12)5-3-8/h2-6H,1H3,(H2,13,14,15). The molecule has 0 radical (unpaired) electrons. The lowest BCUT2D eigenvalue weighted by molar-refractivity contribution is 1.15. The van der Waals surface area contributed by atoms with Gasteiger partial charge < -0.3 is 5.73 Å². The zero-order chi connectivity index (χ0) is 10.8. The molecule has 1 aromatic carbocycles. The molecule has 0 amide bonds. The molecule has 2 N–H and O–H groups in total. The van der Waals surface area contributed by atoms with Crippen molar-refractivity contribution >= 4 is 21.7 Å². The number of aryl methyl sites for hydroxylation is 1. The van der Waals surface area contributed by atoms with E-state index in [1.54, 1.807) is 6.20 Å². The first-order valence-corrected chi connectivity index (χ1v) is 5.31. The Balaban J connectivity index is 2.45. The van der Waals surface area contributed by atoms with Gasteiger partial charge in [0.25, 0.3) is 0 Å². The van der Waals surface area contributed by atoms with Crippen molar-refractivity contribution in [3.05, 3.63) is 40.5 Å². The topological polar surface area (TPSA) is 51.8 Å². The van der Waals surface area contributed by atoms with E-state index in [0.29, 0.717) is 11.6 Å². The molecule has 15 heavy (non-hydrogen) atoms. The Kier molecular flexibility index (Phi) is 2.68. The highest BCUT2D eigenvalue weighted by Crippen LogP contribution is 2.19. The van der Waals surface area contributed by atoms with Crippen molar-refractivity contribution in [2.45, 2.75) is 6.92 Å². The molecule has 3 nitrogen and oxygen atoms in total. The maximum atomic E-state index is 5.73. The van der Waals surface area contributed by atoms with Crippen molar-refractivity contribution in [3.63, 3.8) is 0 Å². The monoisotopic (exact) mass is 263 g/mol. The number of benzene rings is 1. The first-order chi connectivity index (χ1) is 7.16. The first kappa shape index (κ1) is 10.1. The maximum absolute atomic E-state index is 5.73. The van der Waals surface area contributed by atoms with Gasteiger partial charge in [0.1, 0.15) is 5.82 Å². The van der Waals surface area contributed by atoms with E-state index < -0.39 is 0 Å². The molecule has 0 aliphatic rings. The van der Waals surface area contributed by atoms with Crippen LogP contribution in [0.25, 0.3) is 11.4 Å². The van der Waals surface area contributed by atoms with E-state index in [1.807, 2.05) is 31.2 Å². The number of anilines is 1. The normalized spacial score (nSPS) is 10.3. The summed E-state index contributed by atoms with van der Waals surface area (Å²) in [6.07, 6.45) is 1.74. The van der Waals surface area contributed by atoms with Crippen LogP contribution in [0.4, 0.5) is 5.82 Å². The largest absolute Gasteiger partial charge is 0.383 e. The van der Waals surface area contributed by atoms with Gasteiger partial charge in [-0.15, -0.1) is 0 Å². The third-order valence-electron chi connectivity index (χ3n) is 2.11. The third kappa shape index (κ3) is 2.15. The molecule has 0 aliphatic carbocycles. The van der Waals surface area contributed by atoms with Crippen molar-refractivity contribution < 1.29 is 0 Å². The minimum atomic E-state index is 0.530. The predicted molar refractivity (Wildman–Crippen MR) is 64.3 cm³/mol. The summed E-state index contributed by atoms with van der Waals surface area (Å²) in [7, 11) is 0. The van der Waals surface area contributed by atoms with Crippen LogP contribution in [0, 0.1) is 6.92 Å². The zero-order valence-corrected chi connectivity index (χ0v) is 9.82. The van der Waals surface area contributed by atoms with Crippen LogP contribution in [0.2, 0.25) is 0 Å². The molecule has 1 aromatic heterocycles. The lowest BCUT2D eigenvalue weighted by atomic mass is 10.2. The fraction of sp³-hybridized carbons (Fsp3) is 0.0909. The van der Waals surface area contributed by atoms with Crippen molar-refractivity contribution in [1.82, 2.24) is 9.97 Å². The fourth-order valence-electron chi connectivity index (χ4n) is 1.19. The van der Waals surface area contributed by atoms with Gasteiger partial charge in [-0.25, -0.2) is 9.97 Å². The second-order valence-electron chi connectivity index (χ2n) is 3.27. The molecular formula is C11H10BrN3. The van der Waals surface area contributed by atoms with E-state index >= 15 is 0 Å². The summed E-state index contributed by atoms with van der Waals surface area (Å²) >= 11 is 3.38. The summed E-state index contributed by atoms with van der Waals surface area (Å²) in [4.78, 5) is 8.46. The van der Waals surface area contributed by atoms with Crippen LogP contribution in [0.1, 0.15) is 5.56 Å². The summed E-state index contributed by atoms with van der Waals surface area (Å²) in [6.45, 7) is 1.89. The molecule has 0 aliphatic heterocycles. The van der Waals surface area contributed by atoms with Gasteiger partial charge in [-0.3, -0.25) is 0 Å². The van der Waals surface area contributed by atoms with Crippen molar-refractivity contribution in [2.24, 2.45) is 0 Å². The fourth-order valence-corrected chi connectivity index (χ4v) is 1.46. The van der Waals surface area contributed by atoms with Crippen LogP contribution in [-0.4, -0.2) is 9.97 Å². The minimum Gasteiger partial charge on any atom is -0.383 e. The van der Waals surface area contributed by atoms with Gasteiger partial charge >= 0.3 is 0 Å². The van der Waals surface area contributed by atoms with Crippen molar-refractivity contribution in [3.8, 4) is 11.4 Å². The van der Waals surface area contributed by atoms with Gasteiger partial charge in [-0.1, -0.05) is 28.1 Å². The van der Waals surface area contributed by atoms with Crippen LogP contribution in [-0.2, 0) is 0 Å². The van der Waals surface area contributed by atoms with E-state index in [9.17, 15) is 0 Å². The molecule has 2 rings (SSSR count). The van der Waals surface area contributed by atoms with Crippen LogP contribution in [0.5, 0.6) is 0 Å². The first-order valence-electron chi connectivity index (χ1n) is 4.52. The second kappa shape index (κ2) is 3.98. The van der Waals surface area contributed by atoms with Gasteiger partial charge in [-0.05, 0) is 19.1 Å². The van der Waals surface area contributed by atoms with Gasteiger partial charge in [0.15, 0.2) is 5.82 Å². The molecular weight excluding hydrogens is 254 g/mol. The molecule has 4 heteroatoms.